The lowest BCUT2D eigenvalue weighted by atomic mass is 10.2. The normalized spacial score (nSPS) is 10.6. The number of ether oxygens (including phenoxy) is 1. The van der Waals surface area contributed by atoms with E-state index in [2.05, 4.69) is 38.4 Å². The lowest BCUT2D eigenvalue weighted by molar-refractivity contribution is -0.119. The second-order valence-electron chi connectivity index (χ2n) is 5.11. The molecule has 6 heteroatoms. The van der Waals surface area contributed by atoms with Crippen LogP contribution < -0.4 is 15.5 Å². The number of aryl methyl sites for hydroxylation is 1. The van der Waals surface area contributed by atoms with E-state index in [-0.39, 0.29) is 12.5 Å². The van der Waals surface area contributed by atoms with Gasteiger partial charge in [-0.05, 0) is 90.0 Å². The van der Waals surface area contributed by atoms with Gasteiger partial charge in [0.2, 0.25) is 0 Å². The van der Waals surface area contributed by atoms with E-state index in [0.29, 0.717) is 6.61 Å². The molecule has 126 valence electrons. The van der Waals surface area contributed by atoms with E-state index in [1.54, 1.807) is 6.21 Å². The Balaban J connectivity index is 1.78. The lowest BCUT2D eigenvalue weighted by Gasteiger charge is -2.07. The fraction of sp³-hybridized carbons (Fsp3) is 0.222. The Morgan fingerprint density at radius 1 is 1.25 bits per heavy atom. The summed E-state index contributed by atoms with van der Waals surface area (Å²) in [7, 11) is 0. The number of rotatable bonds is 7. The molecule has 0 aliphatic rings. The Morgan fingerprint density at radius 2 is 2.00 bits per heavy atom. The summed E-state index contributed by atoms with van der Waals surface area (Å²) < 4.78 is 6.57. The summed E-state index contributed by atoms with van der Waals surface area (Å²) in [6.45, 7) is 4.78. The lowest BCUT2D eigenvalue weighted by Crippen LogP contribution is -2.25. The summed E-state index contributed by atoms with van der Waals surface area (Å²) >= 11 is 2.28. The second-order valence-corrected chi connectivity index (χ2v) is 6.27. The third-order valence-electron chi connectivity index (χ3n) is 3.20. The van der Waals surface area contributed by atoms with Crippen molar-refractivity contribution < 1.29 is 9.53 Å². The monoisotopic (exact) mass is 437 g/mol. The van der Waals surface area contributed by atoms with E-state index < -0.39 is 0 Å². The number of carbonyl (C=O) groups excluding carboxylic acids is 1. The molecule has 0 atom stereocenters. The zero-order valence-electron chi connectivity index (χ0n) is 13.7. The Labute approximate surface area is 155 Å². The summed E-state index contributed by atoms with van der Waals surface area (Å²) in [5, 5.41) is 7.03. The highest BCUT2D eigenvalue weighted by Gasteiger charge is 2.01. The van der Waals surface area contributed by atoms with Gasteiger partial charge in [-0.2, -0.15) is 5.10 Å². The molecule has 24 heavy (non-hydrogen) atoms. The minimum atomic E-state index is -0.201. The van der Waals surface area contributed by atoms with Crippen molar-refractivity contribution in [3.63, 3.8) is 0 Å². The molecule has 2 N–H and O–H groups in total. The first kappa shape index (κ1) is 18.3. The molecule has 0 spiro atoms. The van der Waals surface area contributed by atoms with Crippen molar-refractivity contribution in [2.75, 3.05) is 18.5 Å². The molecule has 0 unspecified atom stereocenters. The van der Waals surface area contributed by atoms with Crippen molar-refractivity contribution in [2.24, 2.45) is 5.10 Å². The Morgan fingerprint density at radius 3 is 2.67 bits per heavy atom. The minimum Gasteiger partial charge on any atom is -0.494 e. The van der Waals surface area contributed by atoms with Crippen molar-refractivity contribution in [3.05, 3.63) is 57.2 Å². The molecular weight excluding hydrogens is 417 g/mol. The predicted octanol–water partition coefficient (Wildman–Crippen LogP) is 3.56. The van der Waals surface area contributed by atoms with Crippen LogP contribution in [0.5, 0.6) is 5.75 Å². The van der Waals surface area contributed by atoms with Crippen LogP contribution in [0.2, 0.25) is 0 Å². The number of benzene rings is 2. The third kappa shape index (κ3) is 5.84. The summed E-state index contributed by atoms with van der Waals surface area (Å²) in [6, 6.07) is 13.5. The van der Waals surface area contributed by atoms with Gasteiger partial charge in [-0.3, -0.25) is 4.79 Å². The molecule has 0 aliphatic heterocycles. The van der Waals surface area contributed by atoms with Gasteiger partial charge >= 0.3 is 0 Å². The topological polar surface area (TPSA) is 62.7 Å². The SMILES string of the molecule is CCOc1ccc(/C=N\NC(=O)CNc2ccc(I)c(C)c2)cc1. The van der Waals surface area contributed by atoms with Crippen molar-refractivity contribution in [1.82, 2.24) is 5.43 Å². The van der Waals surface area contributed by atoms with Crippen LogP contribution in [0.25, 0.3) is 0 Å². The molecular formula is C18H20IN3O2. The number of carbonyl (C=O) groups is 1. The standard InChI is InChI=1S/C18H20IN3O2/c1-3-24-16-7-4-14(5-8-16)11-21-22-18(23)12-20-15-6-9-17(19)13(2)10-15/h4-11,20H,3,12H2,1-2H3,(H,22,23)/b21-11-. The fourth-order valence-electron chi connectivity index (χ4n) is 1.97. The molecule has 0 aromatic heterocycles. The van der Waals surface area contributed by atoms with Crippen LogP contribution in [-0.2, 0) is 4.79 Å². The van der Waals surface area contributed by atoms with Gasteiger partial charge in [0.05, 0.1) is 19.4 Å². The van der Waals surface area contributed by atoms with Gasteiger partial charge in [0.25, 0.3) is 5.91 Å². The highest BCUT2D eigenvalue weighted by Crippen LogP contribution is 2.16. The average Bonchev–Trinajstić information content (AvgIpc) is 2.58. The number of anilines is 1. The first-order valence-electron chi connectivity index (χ1n) is 7.63. The van der Waals surface area contributed by atoms with Crippen molar-refractivity contribution in [2.45, 2.75) is 13.8 Å². The van der Waals surface area contributed by atoms with Gasteiger partial charge in [-0.25, -0.2) is 5.43 Å². The van der Waals surface area contributed by atoms with Crippen LogP contribution in [0.4, 0.5) is 5.69 Å². The maximum Gasteiger partial charge on any atom is 0.259 e. The summed E-state index contributed by atoms with van der Waals surface area (Å²) in [6.07, 6.45) is 1.60. The molecule has 1 amide bonds. The predicted molar refractivity (Wildman–Crippen MR) is 106 cm³/mol. The van der Waals surface area contributed by atoms with Gasteiger partial charge in [0.1, 0.15) is 5.75 Å². The molecule has 5 nitrogen and oxygen atoms in total. The molecule has 2 rings (SSSR count). The molecule has 0 aliphatic carbocycles. The Kier molecular flexibility index (Phi) is 7.05. The zero-order valence-corrected chi connectivity index (χ0v) is 15.8. The van der Waals surface area contributed by atoms with Gasteiger partial charge < -0.3 is 10.1 Å². The van der Waals surface area contributed by atoms with Crippen LogP contribution in [0.1, 0.15) is 18.1 Å². The van der Waals surface area contributed by atoms with Crippen LogP contribution >= 0.6 is 22.6 Å². The average molecular weight is 437 g/mol. The van der Waals surface area contributed by atoms with Crippen molar-refractivity contribution in [3.8, 4) is 5.75 Å². The van der Waals surface area contributed by atoms with E-state index in [4.69, 9.17) is 4.74 Å². The number of hydrogen-bond acceptors (Lipinski definition) is 4. The molecule has 0 saturated carbocycles. The Hall–Kier alpha value is -2.09. The number of nitrogens with zero attached hydrogens (tertiary/aromatic N) is 1. The summed E-state index contributed by atoms with van der Waals surface area (Å²) in [4.78, 5) is 11.8. The Bertz CT molecular complexity index is 715. The van der Waals surface area contributed by atoms with Crippen LogP contribution in [-0.4, -0.2) is 25.3 Å². The fourth-order valence-corrected chi connectivity index (χ4v) is 2.31. The highest BCUT2D eigenvalue weighted by molar-refractivity contribution is 14.1. The molecule has 2 aromatic carbocycles. The molecule has 0 radical (unpaired) electrons. The van der Waals surface area contributed by atoms with Crippen LogP contribution in [0, 0.1) is 10.5 Å². The first-order valence-corrected chi connectivity index (χ1v) is 8.71. The second kappa shape index (κ2) is 9.27. The summed E-state index contributed by atoms with van der Waals surface area (Å²) in [5.41, 5.74) is 5.48. The van der Waals surface area contributed by atoms with E-state index in [1.165, 1.54) is 9.13 Å². The highest BCUT2D eigenvalue weighted by atomic mass is 127. The van der Waals surface area contributed by atoms with E-state index in [0.717, 1.165) is 17.0 Å². The molecule has 0 bridgehead atoms. The zero-order chi connectivity index (χ0) is 17.4. The smallest absolute Gasteiger partial charge is 0.259 e. The van der Waals surface area contributed by atoms with Crippen molar-refractivity contribution >= 4 is 40.4 Å². The minimum absolute atomic E-state index is 0.167. The van der Waals surface area contributed by atoms with E-state index in [1.807, 2.05) is 56.3 Å². The number of hydrazone groups is 1. The van der Waals surface area contributed by atoms with E-state index in [9.17, 15) is 4.79 Å². The summed E-state index contributed by atoms with van der Waals surface area (Å²) in [5.74, 6) is 0.615. The quantitative estimate of drug-likeness (QED) is 0.396. The largest absolute Gasteiger partial charge is 0.494 e. The van der Waals surface area contributed by atoms with Gasteiger partial charge in [0, 0.05) is 9.26 Å². The maximum absolute atomic E-state index is 11.8. The van der Waals surface area contributed by atoms with Gasteiger partial charge in [-0.1, -0.05) is 0 Å². The molecule has 2 aromatic rings. The molecule has 0 fully saturated rings. The van der Waals surface area contributed by atoms with Crippen molar-refractivity contribution in [1.29, 1.82) is 0 Å². The van der Waals surface area contributed by atoms with Crippen LogP contribution in [0.15, 0.2) is 47.6 Å². The number of nitrogens with one attached hydrogen (secondary N) is 2. The van der Waals surface area contributed by atoms with Crippen LogP contribution in [0.3, 0.4) is 0 Å². The number of hydrogen-bond donors (Lipinski definition) is 2. The number of amides is 1. The molecule has 0 saturated heterocycles. The van der Waals surface area contributed by atoms with Gasteiger partial charge in [0.15, 0.2) is 0 Å². The molecule has 0 heterocycles. The maximum atomic E-state index is 11.8. The van der Waals surface area contributed by atoms with Gasteiger partial charge in [-0.15, -0.1) is 0 Å². The first-order chi connectivity index (χ1) is 11.6. The van der Waals surface area contributed by atoms with E-state index >= 15 is 0 Å². The number of halogens is 1. The third-order valence-corrected chi connectivity index (χ3v) is 4.42.